The maximum Gasteiger partial charge on any atom is 0.326 e. The number of amides is 3. The van der Waals surface area contributed by atoms with Crippen LogP contribution in [0.1, 0.15) is 62.4 Å². The van der Waals surface area contributed by atoms with E-state index in [0.717, 1.165) is 68.4 Å². The number of para-hydroxylation sites is 1. The molecule has 6 nitrogen and oxygen atoms in total. The number of imide groups is 1. The van der Waals surface area contributed by atoms with Crippen LogP contribution in [-0.4, -0.2) is 45.5 Å². The lowest BCUT2D eigenvalue weighted by Gasteiger charge is -2.28. The Bertz CT molecular complexity index is 870. The van der Waals surface area contributed by atoms with E-state index in [4.69, 9.17) is 4.98 Å². The molecule has 1 spiro atoms. The first-order chi connectivity index (χ1) is 13.7. The van der Waals surface area contributed by atoms with Crippen LogP contribution in [0.15, 0.2) is 24.3 Å². The third-order valence-electron chi connectivity index (χ3n) is 6.49. The van der Waals surface area contributed by atoms with E-state index in [1.807, 2.05) is 18.2 Å². The van der Waals surface area contributed by atoms with Gasteiger partial charge >= 0.3 is 6.03 Å². The summed E-state index contributed by atoms with van der Waals surface area (Å²) in [6, 6.07) is 8.16. The van der Waals surface area contributed by atoms with Gasteiger partial charge in [0.2, 0.25) is 0 Å². The third kappa shape index (κ3) is 3.01. The van der Waals surface area contributed by atoms with E-state index in [1.165, 1.54) is 9.60 Å². The normalized spacial score (nSPS) is 25.6. The van der Waals surface area contributed by atoms with Crippen molar-refractivity contribution < 1.29 is 9.59 Å². The first kappa shape index (κ1) is 18.1. The highest BCUT2D eigenvalue weighted by Gasteiger charge is 2.51. The summed E-state index contributed by atoms with van der Waals surface area (Å²) in [4.78, 5) is 34.5. The monoisotopic (exact) mass is 398 g/mol. The highest BCUT2D eigenvalue weighted by molar-refractivity contribution is 7.18. The van der Waals surface area contributed by atoms with Gasteiger partial charge in [0.05, 0.1) is 22.9 Å². The molecule has 1 aliphatic carbocycles. The number of thiazole rings is 1. The SMILES string of the molecule is O=C1NC2(CCCCCC2)C(=O)N1CN1CCCC1c1nc2ccccc2s1. The van der Waals surface area contributed by atoms with E-state index in [-0.39, 0.29) is 18.0 Å². The number of rotatable bonds is 3. The molecule has 3 fully saturated rings. The highest BCUT2D eigenvalue weighted by Crippen LogP contribution is 2.38. The fraction of sp³-hybridized carbons (Fsp3) is 0.571. The van der Waals surface area contributed by atoms with Gasteiger partial charge in [-0.05, 0) is 37.8 Å². The lowest BCUT2D eigenvalue weighted by molar-refractivity contribution is -0.133. The average molecular weight is 399 g/mol. The zero-order valence-electron chi connectivity index (χ0n) is 16.0. The molecule has 1 aromatic heterocycles. The van der Waals surface area contributed by atoms with E-state index in [1.54, 1.807) is 11.3 Å². The number of hydrogen-bond acceptors (Lipinski definition) is 5. The van der Waals surface area contributed by atoms with E-state index >= 15 is 0 Å². The minimum absolute atomic E-state index is 0.0191. The molecule has 148 valence electrons. The average Bonchev–Trinajstić information content (AvgIpc) is 3.32. The molecule has 1 N–H and O–H groups in total. The van der Waals surface area contributed by atoms with E-state index < -0.39 is 5.54 Å². The van der Waals surface area contributed by atoms with Crippen LogP contribution in [0.3, 0.4) is 0 Å². The molecule has 1 saturated carbocycles. The molecule has 0 radical (unpaired) electrons. The fourth-order valence-electron chi connectivity index (χ4n) is 4.96. The number of carbonyl (C=O) groups is 2. The van der Waals surface area contributed by atoms with E-state index in [2.05, 4.69) is 16.3 Å². The maximum absolute atomic E-state index is 13.2. The van der Waals surface area contributed by atoms with Crippen molar-refractivity contribution in [2.75, 3.05) is 13.2 Å². The summed E-state index contributed by atoms with van der Waals surface area (Å²) in [5.74, 6) is -0.0191. The molecule has 3 amide bonds. The number of nitrogens with one attached hydrogen (secondary N) is 1. The van der Waals surface area contributed by atoms with Crippen molar-refractivity contribution in [1.82, 2.24) is 20.1 Å². The molecule has 2 aliphatic heterocycles. The minimum atomic E-state index is -0.654. The Labute approximate surface area is 168 Å². The molecule has 2 aromatic rings. The molecular weight excluding hydrogens is 372 g/mol. The second-order valence-corrected chi connectivity index (χ2v) is 9.35. The zero-order chi connectivity index (χ0) is 19.1. The molecule has 7 heteroatoms. The fourth-order valence-corrected chi connectivity index (χ4v) is 6.10. The number of carbonyl (C=O) groups excluding carboxylic acids is 2. The molecule has 3 heterocycles. The number of likely N-dealkylation sites (tertiary alicyclic amines) is 1. The Kier molecular flexibility index (Phi) is 4.59. The summed E-state index contributed by atoms with van der Waals surface area (Å²) in [6.07, 6.45) is 7.96. The van der Waals surface area contributed by atoms with Gasteiger partial charge < -0.3 is 5.32 Å². The maximum atomic E-state index is 13.2. The molecule has 2 saturated heterocycles. The van der Waals surface area contributed by atoms with Crippen LogP contribution in [-0.2, 0) is 4.79 Å². The number of fused-ring (bicyclic) bond motifs is 1. The smallest absolute Gasteiger partial charge is 0.323 e. The standard InChI is InChI=1S/C21H26N4O2S/c26-19-21(11-5-1-2-6-12-21)23-20(27)25(19)14-24-13-7-9-16(24)18-22-15-8-3-4-10-17(15)28-18/h3-4,8,10,16H,1-2,5-7,9,11-14H2,(H,23,27). The Morgan fingerprint density at radius 2 is 1.89 bits per heavy atom. The molecule has 1 aromatic carbocycles. The van der Waals surface area contributed by atoms with Gasteiger partial charge in [0.25, 0.3) is 5.91 Å². The number of urea groups is 1. The molecule has 28 heavy (non-hydrogen) atoms. The summed E-state index contributed by atoms with van der Waals surface area (Å²) in [5.41, 5.74) is 0.375. The van der Waals surface area contributed by atoms with Gasteiger partial charge in [0, 0.05) is 6.54 Å². The Morgan fingerprint density at radius 1 is 1.11 bits per heavy atom. The molecule has 1 atom stereocenters. The quantitative estimate of drug-likeness (QED) is 0.793. The van der Waals surface area contributed by atoms with Gasteiger partial charge in [0.1, 0.15) is 10.5 Å². The van der Waals surface area contributed by atoms with Crippen LogP contribution < -0.4 is 5.32 Å². The summed E-state index contributed by atoms with van der Waals surface area (Å²) in [5, 5.41) is 4.15. The van der Waals surface area contributed by atoms with Crippen LogP contribution in [0, 0.1) is 0 Å². The van der Waals surface area contributed by atoms with Crippen molar-refractivity contribution in [2.45, 2.75) is 62.9 Å². The van der Waals surface area contributed by atoms with Crippen molar-refractivity contribution >= 4 is 33.5 Å². The number of aromatic nitrogens is 1. The first-order valence-corrected chi connectivity index (χ1v) is 11.2. The largest absolute Gasteiger partial charge is 0.326 e. The number of hydrogen-bond donors (Lipinski definition) is 1. The van der Waals surface area contributed by atoms with Crippen LogP contribution in [0.4, 0.5) is 4.79 Å². The van der Waals surface area contributed by atoms with Crippen molar-refractivity contribution in [2.24, 2.45) is 0 Å². The van der Waals surface area contributed by atoms with Crippen LogP contribution in [0.2, 0.25) is 0 Å². The number of benzene rings is 1. The Hall–Kier alpha value is -1.99. The Morgan fingerprint density at radius 3 is 2.68 bits per heavy atom. The predicted octanol–water partition coefficient (Wildman–Crippen LogP) is 4.04. The molecular formula is C21H26N4O2S. The van der Waals surface area contributed by atoms with E-state index in [0.29, 0.717) is 6.67 Å². The summed E-state index contributed by atoms with van der Waals surface area (Å²) >= 11 is 1.73. The van der Waals surface area contributed by atoms with Crippen LogP contribution in [0.5, 0.6) is 0 Å². The van der Waals surface area contributed by atoms with Crippen LogP contribution >= 0.6 is 11.3 Å². The van der Waals surface area contributed by atoms with E-state index in [9.17, 15) is 9.59 Å². The van der Waals surface area contributed by atoms with Gasteiger partial charge in [-0.1, -0.05) is 37.8 Å². The number of nitrogens with zero attached hydrogens (tertiary/aromatic N) is 3. The van der Waals surface area contributed by atoms with Crippen molar-refractivity contribution in [1.29, 1.82) is 0 Å². The van der Waals surface area contributed by atoms with Crippen molar-refractivity contribution in [3.05, 3.63) is 29.3 Å². The molecule has 1 unspecified atom stereocenters. The molecule has 0 bridgehead atoms. The first-order valence-electron chi connectivity index (χ1n) is 10.4. The summed E-state index contributed by atoms with van der Waals surface area (Å²) < 4.78 is 1.19. The molecule has 3 aliphatic rings. The minimum Gasteiger partial charge on any atom is -0.323 e. The topological polar surface area (TPSA) is 65.5 Å². The lowest BCUT2D eigenvalue weighted by Crippen LogP contribution is -2.47. The van der Waals surface area contributed by atoms with Gasteiger partial charge in [-0.25, -0.2) is 14.7 Å². The van der Waals surface area contributed by atoms with Crippen molar-refractivity contribution in [3.8, 4) is 0 Å². The summed E-state index contributed by atoms with van der Waals surface area (Å²) in [6.45, 7) is 1.26. The van der Waals surface area contributed by atoms with Crippen molar-refractivity contribution in [3.63, 3.8) is 0 Å². The van der Waals surface area contributed by atoms with Gasteiger partial charge in [-0.3, -0.25) is 9.69 Å². The van der Waals surface area contributed by atoms with Gasteiger partial charge in [-0.15, -0.1) is 11.3 Å². The second-order valence-electron chi connectivity index (χ2n) is 8.29. The van der Waals surface area contributed by atoms with Gasteiger partial charge in [-0.2, -0.15) is 0 Å². The predicted molar refractivity (Wildman–Crippen MR) is 109 cm³/mol. The molecule has 5 rings (SSSR count). The Balaban J connectivity index is 1.36. The lowest BCUT2D eigenvalue weighted by atomic mass is 9.90. The third-order valence-corrected chi connectivity index (χ3v) is 7.62. The summed E-state index contributed by atoms with van der Waals surface area (Å²) in [7, 11) is 0. The zero-order valence-corrected chi connectivity index (χ0v) is 16.8. The second kappa shape index (κ2) is 7.12. The van der Waals surface area contributed by atoms with Crippen LogP contribution in [0.25, 0.3) is 10.2 Å². The highest BCUT2D eigenvalue weighted by atomic mass is 32.1. The van der Waals surface area contributed by atoms with Gasteiger partial charge in [0.15, 0.2) is 0 Å².